The lowest BCUT2D eigenvalue weighted by atomic mass is 10.1. The van der Waals surface area contributed by atoms with E-state index >= 15 is 0 Å². The SMILES string of the molecule is CC(NCC(=O)Nc1ccc(S(=O)(=O)NC2=NCCCCC2)cc1)c1ccc(F)cc1F. The number of sulfonamides is 1. The molecule has 32 heavy (non-hydrogen) atoms. The van der Waals surface area contributed by atoms with Crippen molar-refractivity contribution in [1.29, 1.82) is 0 Å². The number of amides is 1. The Labute approximate surface area is 186 Å². The number of nitrogens with zero attached hydrogens (tertiary/aromatic N) is 1. The van der Waals surface area contributed by atoms with Crippen molar-refractivity contribution in [1.82, 2.24) is 10.0 Å². The molecule has 0 aliphatic carbocycles. The van der Waals surface area contributed by atoms with Gasteiger partial charge in [0.2, 0.25) is 5.91 Å². The van der Waals surface area contributed by atoms with E-state index < -0.39 is 27.7 Å². The van der Waals surface area contributed by atoms with Gasteiger partial charge in [-0.15, -0.1) is 0 Å². The van der Waals surface area contributed by atoms with Gasteiger partial charge in [0.25, 0.3) is 10.0 Å². The van der Waals surface area contributed by atoms with E-state index in [2.05, 4.69) is 20.3 Å². The highest BCUT2D eigenvalue weighted by Gasteiger charge is 2.18. The molecule has 1 heterocycles. The molecular weight excluding hydrogens is 438 g/mol. The minimum atomic E-state index is -3.75. The van der Waals surface area contributed by atoms with E-state index in [-0.39, 0.29) is 22.9 Å². The van der Waals surface area contributed by atoms with Gasteiger partial charge in [0, 0.05) is 36.3 Å². The Balaban J connectivity index is 1.54. The van der Waals surface area contributed by atoms with Crippen molar-refractivity contribution in [3.63, 3.8) is 0 Å². The Morgan fingerprint density at radius 3 is 2.56 bits per heavy atom. The predicted molar refractivity (Wildman–Crippen MR) is 119 cm³/mol. The average molecular weight is 465 g/mol. The number of anilines is 1. The summed E-state index contributed by atoms with van der Waals surface area (Å²) in [5.74, 6) is -1.27. The minimum absolute atomic E-state index is 0.0704. The summed E-state index contributed by atoms with van der Waals surface area (Å²) in [4.78, 5) is 16.5. The molecular formula is C22H26F2N4O3S. The molecule has 3 N–H and O–H groups in total. The van der Waals surface area contributed by atoms with Crippen LogP contribution in [0.15, 0.2) is 52.4 Å². The molecule has 2 aromatic carbocycles. The summed E-state index contributed by atoms with van der Waals surface area (Å²) >= 11 is 0. The lowest BCUT2D eigenvalue weighted by Gasteiger charge is -2.15. The first-order valence-electron chi connectivity index (χ1n) is 10.4. The number of aliphatic imine (C=N–C) groups is 1. The number of hydrogen-bond donors (Lipinski definition) is 3. The second-order valence-corrected chi connectivity index (χ2v) is 9.27. The predicted octanol–water partition coefficient (Wildman–Crippen LogP) is 3.50. The molecule has 1 aliphatic heterocycles. The lowest BCUT2D eigenvalue weighted by molar-refractivity contribution is -0.115. The first-order chi connectivity index (χ1) is 15.2. The molecule has 0 bridgehead atoms. The van der Waals surface area contributed by atoms with Crippen LogP contribution in [0.3, 0.4) is 0 Å². The van der Waals surface area contributed by atoms with Crippen LogP contribution in [0.1, 0.15) is 44.2 Å². The van der Waals surface area contributed by atoms with Gasteiger partial charge in [-0.2, -0.15) is 0 Å². The van der Waals surface area contributed by atoms with Gasteiger partial charge in [-0.05, 0) is 50.1 Å². The van der Waals surface area contributed by atoms with E-state index in [1.54, 1.807) is 6.92 Å². The second-order valence-electron chi connectivity index (χ2n) is 7.59. The van der Waals surface area contributed by atoms with E-state index in [1.807, 2.05) is 0 Å². The van der Waals surface area contributed by atoms with Gasteiger partial charge >= 0.3 is 0 Å². The fourth-order valence-corrected chi connectivity index (χ4v) is 4.39. The zero-order chi connectivity index (χ0) is 23.1. The standard InChI is InChI=1S/C22H26F2N4O3S/c1-15(19-11-6-16(23)13-20(19)24)26-14-22(29)27-17-7-9-18(10-8-17)32(30,31)28-21-5-3-2-4-12-25-21/h6-11,13,15,26H,2-5,12,14H2,1H3,(H,25,28)(H,27,29). The third kappa shape index (κ3) is 6.57. The number of nitrogens with one attached hydrogen (secondary N) is 3. The molecule has 0 aromatic heterocycles. The average Bonchev–Trinajstić information content (AvgIpc) is 3.00. The lowest BCUT2D eigenvalue weighted by Crippen LogP contribution is -2.31. The Kier molecular flexibility index (Phi) is 7.92. The molecule has 1 unspecified atom stereocenters. The summed E-state index contributed by atoms with van der Waals surface area (Å²) in [6.07, 6.45) is 3.47. The number of halogens is 2. The summed E-state index contributed by atoms with van der Waals surface area (Å²) < 4.78 is 54.5. The zero-order valence-electron chi connectivity index (χ0n) is 17.7. The molecule has 1 atom stereocenters. The second kappa shape index (κ2) is 10.6. The van der Waals surface area contributed by atoms with Crippen LogP contribution in [-0.2, 0) is 14.8 Å². The quantitative estimate of drug-likeness (QED) is 0.584. The number of rotatable bonds is 7. The van der Waals surface area contributed by atoms with E-state index in [0.717, 1.165) is 31.4 Å². The van der Waals surface area contributed by atoms with Crippen molar-refractivity contribution in [2.45, 2.75) is 43.5 Å². The number of hydrogen-bond acceptors (Lipinski definition) is 5. The highest BCUT2D eigenvalue weighted by atomic mass is 32.2. The molecule has 0 fully saturated rings. The van der Waals surface area contributed by atoms with Crippen molar-refractivity contribution in [3.05, 3.63) is 59.7 Å². The van der Waals surface area contributed by atoms with Gasteiger partial charge in [-0.25, -0.2) is 17.2 Å². The van der Waals surface area contributed by atoms with Gasteiger partial charge in [-0.1, -0.05) is 12.5 Å². The molecule has 7 nitrogen and oxygen atoms in total. The van der Waals surface area contributed by atoms with Crippen molar-refractivity contribution in [2.24, 2.45) is 4.99 Å². The fourth-order valence-electron chi connectivity index (χ4n) is 3.30. The van der Waals surface area contributed by atoms with Crippen LogP contribution in [-0.4, -0.2) is 33.3 Å². The van der Waals surface area contributed by atoms with E-state index in [1.165, 1.54) is 30.3 Å². The largest absolute Gasteiger partial charge is 0.325 e. The summed E-state index contributed by atoms with van der Waals surface area (Å²) in [5, 5.41) is 5.52. The van der Waals surface area contributed by atoms with Crippen LogP contribution in [0.25, 0.3) is 0 Å². The first kappa shape index (κ1) is 23.8. The van der Waals surface area contributed by atoms with E-state index in [9.17, 15) is 22.0 Å². The molecule has 3 rings (SSSR count). The Bertz CT molecular complexity index is 1090. The van der Waals surface area contributed by atoms with Crippen molar-refractivity contribution >= 4 is 27.5 Å². The van der Waals surface area contributed by atoms with Crippen LogP contribution in [0.5, 0.6) is 0 Å². The van der Waals surface area contributed by atoms with Crippen LogP contribution in [0, 0.1) is 11.6 Å². The molecule has 10 heteroatoms. The smallest absolute Gasteiger partial charge is 0.262 e. The molecule has 0 saturated heterocycles. The zero-order valence-corrected chi connectivity index (χ0v) is 18.5. The highest BCUT2D eigenvalue weighted by Crippen LogP contribution is 2.18. The number of benzene rings is 2. The van der Waals surface area contributed by atoms with Crippen LogP contribution in [0.4, 0.5) is 14.5 Å². The fraction of sp³-hybridized carbons (Fsp3) is 0.364. The summed E-state index contributed by atoms with van der Waals surface area (Å²) in [5.41, 5.74) is 0.669. The summed E-state index contributed by atoms with van der Waals surface area (Å²) in [6.45, 7) is 2.16. The normalized spacial score (nSPS) is 15.4. The van der Waals surface area contributed by atoms with E-state index in [0.29, 0.717) is 24.5 Å². The monoisotopic (exact) mass is 464 g/mol. The summed E-state index contributed by atoms with van der Waals surface area (Å²) in [7, 11) is -3.75. The third-order valence-corrected chi connectivity index (χ3v) is 6.47. The van der Waals surface area contributed by atoms with Gasteiger partial charge in [-0.3, -0.25) is 14.5 Å². The van der Waals surface area contributed by atoms with Crippen LogP contribution in [0.2, 0.25) is 0 Å². The summed E-state index contributed by atoms with van der Waals surface area (Å²) in [6, 6.07) is 8.55. The maximum atomic E-state index is 13.8. The minimum Gasteiger partial charge on any atom is -0.325 e. The van der Waals surface area contributed by atoms with Crippen molar-refractivity contribution < 1.29 is 22.0 Å². The molecule has 0 spiro atoms. The third-order valence-electron chi connectivity index (χ3n) is 5.07. The molecule has 0 saturated carbocycles. The molecule has 0 radical (unpaired) electrons. The van der Waals surface area contributed by atoms with Crippen LogP contribution < -0.4 is 15.4 Å². The molecule has 172 valence electrons. The number of carbonyl (C=O) groups excluding carboxylic acids is 1. The molecule has 2 aromatic rings. The molecule has 1 aliphatic rings. The Morgan fingerprint density at radius 1 is 1.09 bits per heavy atom. The van der Waals surface area contributed by atoms with Crippen molar-refractivity contribution in [2.75, 3.05) is 18.4 Å². The molecule has 1 amide bonds. The van der Waals surface area contributed by atoms with Gasteiger partial charge in [0.15, 0.2) is 0 Å². The topological polar surface area (TPSA) is 99.7 Å². The van der Waals surface area contributed by atoms with Gasteiger partial charge in [0.1, 0.15) is 17.5 Å². The van der Waals surface area contributed by atoms with E-state index in [4.69, 9.17) is 0 Å². The maximum Gasteiger partial charge on any atom is 0.262 e. The van der Waals surface area contributed by atoms with Gasteiger partial charge in [0.05, 0.1) is 11.4 Å². The maximum absolute atomic E-state index is 13.8. The van der Waals surface area contributed by atoms with Crippen LogP contribution >= 0.6 is 0 Å². The van der Waals surface area contributed by atoms with Crippen molar-refractivity contribution in [3.8, 4) is 0 Å². The Hall–Kier alpha value is -2.85. The Morgan fingerprint density at radius 2 is 1.84 bits per heavy atom. The number of amidine groups is 1. The highest BCUT2D eigenvalue weighted by molar-refractivity contribution is 7.90. The number of carbonyl (C=O) groups is 1. The van der Waals surface area contributed by atoms with Gasteiger partial charge < -0.3 is 10.6 Å². The first-order valence-corrected chi connectivity index (χ1v) is 11.9.